The van der Waals surface area contributed by atoms with Crippen LogP contribution >= 0.6 is 23.2 Å². The highest BCUT2D eigenvalue weighted by Crippen LogP contribution is 2.29. The number of para-hydroxylation sites is 1. The molecule has 1 atom stereocenters. The van der Waals surface area contributed by atoms with Gasteiger partial charge in [0.15, 0.2) is 0 Å². The molecule has 0 saturated carbocycles. The van der Waals surface area contributed by atoms with Crippen LogP contribution in [-0.2, 0) is 13.1 Å². The highest BCUT2D eigenvalue weighted by atomic mass is 35.5. The summed E-state index contributed by atoms with van der Waals surface area (Å²) in [5.74, 6) is 0. The van der Waals surface area contributed by atoms with Crippen LogP contribution in [0.25, 0.3) is 10.9 Å². The Labute approximate surface area is 158 Å². The average Bonchev–Trinajstić information content (AvgIpc) is 2.83. The van der Waals surface area contributed by atoms with Gasteiger partial charge in [-0.1, -0.05) is 47.5 Å². The van der Waals surface area contributed by atoms with Crippen molar-refractivity contribution in [2.45, 2.75) is 33.0 Å². The fourth-order valence-electron chi connectivity index (χ4n) is 3.16. The van der Waals surface area contributed by atoms with Gasteiger partial charge in [0.25, 0.3) is 0 Å². The van der Waals surface area contributed by atoms with E-state index in [1.165, 1.54) is 22.2 Å². The molecule has 0 unspecified atom stereocenters. The number of benzene rings is 2. The van der Waals surface area contributed by atoms with E-state index in [2.05, 4.69) is 41.1 Å². The smallest absolute Gasteiger partial charge is 0.0636 e. The number of fused-ring (bicyclic) bond motifs is 1. The summed E-state index contributed by atoms with van der Waals surface area (Å²) in [4.78, 5) is 0. The Balaban J connectivity index is 1.98. The van der Waals surface area contributed by atoms with Crippen LogP contribution in [0.15, 0.2) is 42.5 Å². The van der Waals surface area contributed by atoms with Crippen LogP contribution in [0, 0.1) is 6.92 Å². The molecule has 2 aromatic carbocycles. The Morgan fingerprint density at radius 1 is 1.16 bits per heavy atom. The molecular weight excluding hydrogens is 355 g/mol. The second-order valence-electron chi connectivity index (χ2n) is 6.38. The lowest BCUT2D eigenvalue weighted by Gasteiger charge is -2.11. The zero-order valence-electron chi connectivity index (χ0n) is 14.4. The van der Waals surface area contributed by atoms with E-state index in [9.17, 15) is 5.11 Å². The zero-order chi connectivity index (χ0) is 18.0. The molecule has 0 aliphatic rings. The van der Waals surface area contributed by atoms with Gasteiger partial charge in [-0.3, -0.25) is 0 Å². The monoisotopic (exact) mass is 376 g/mol. The van der Waals surface area contributed by atoms with Crippen LogP contribution in [-0.4, -0.2) is 22.3 Å². The second-order valence-corrected chi connectivity index (χ2v) is 7.23. The first-order chi connectivity index (χ1) is 12.0. The molecule has 3 nitrogen and oxygen atoms in total. The maximum atomic E-state index is 9.47. The second kappa shape index (κ2) is 7.79. The van der Waals surface area contributed by atoms with Crippen LogP contribution in [0.3, 0.4) is 0 Å². The Bertz CT molecular complexity index is 887. The molecule has 5 heteroatoms. The molecule has 25 heavy (non-hydrogen) atoms. The lowest BCUT2D eigenvalue weighted by molar-refractivity contribution is 0.191. The van der Waals surface area contributed by atoms with E-state index >= 15 is 0 Å². The topological polar surface area (TPSA) is 37.2 Å². The maximum Gasteiger partial charge on any atom is 0.0636 e. The summed E-state index contributed by atoms with van der Waals surface area (Å²) in [7, 11) is 0. The third-order valence-electron chi connectivity index (χ3n) is 4.45. The third kappa shape index (κ3) is 4.01. The number of halogens is 2. The van der Waals surface area contributed by atoms with Gasteiger partial charge in [-0.05, 0) is 43.2 Å². The first-order valence-electron chi connectivity index (χ1n) is 8.36. The number of rotatable bonds is 6. The summed E-state index contributed by atoms with van der Waals surface area (Å²) in [6.07, 6.45) is -0.360. The quantitative estimate of drug-likeness (QED) is 0.649. The summed E-state index contributed by atoms with van der Waals surface area (Å²) in [5.41, 5.74) is 4.67. The maximum absolute atomic E-state index is 9.47. The SMILES string of the molecule is Cc1c(CNC[C@H](C)O)c2ccccc2n1Cc1ccc(Cl)cc1Cl. The fourth-order valence-corrected chi connectivity index (χ4v) is 3.62. The molecule has 132 valence electrons. The van der Waals surface area contributed by atoms with Crippen molar-refractivity contribution in [1.82, 2.24) is 9.88 Å². The van der Waals surface area contributed by atoms with Gasteiger partial charge in [0.1, 0.15) is 0 Å². The molecule has 2 N–H and O–H groups in total. The normalized spacial score (nSPS) is 12.7. The number of nitrogens with one attached hydrogen (secondary N) is 1. The number of hydrogen-bond acceptors (Lipinski definition) is 2. The van der Waals surface area contributed by atoms with E-state index in [0.717, 1.165) is 12.1 Å². The van der Waals surface area contributed by atoms with Gasteiger partial charge < -0.3 is 15.0 Å². The molecule has 0 spiro atoms. The third-order valence-corrected chi connectivity index (χ3v) is 5.03. The van der Waals surface area contributed by atoms with Crippen molar-refractivity contribution < 1.29 is 5.11 Å². The lowest BCUT2D eigenvalue weighted by Crippen LogP contribution is -2.24. The van der Waals surface area contributed by atoms with Gasteiger partial charge >= 0.3 is 0 Å². The van der Waals surface area contributed by atoms with Crippen molar-refractivity contribution in [2.75, 3.05) is 6.54 Å². The zero-order valence-corrected chi connectivity index (χ0v) is 15.9. The van der Waals surface area contributed by atoms with E-state index in [1.807, 2.05) is 12.1 Å². The van der Waals surface area contributed by atoms with Crippen molar-refractivity contribution in [3.63, 3.8) is 0 Å². The van der Waals surface area contributed by atoms with Crippen molar-refractivity contribution in [2.24, 2.45) is 0 Å². The first kappa shape index (κ1) is 18.3. The fraction of sp³-hybridized carbons (Fsp3) is 0.300. The number of hydrogen-bond donors (Lipinski definition) is 2. The molecule has 0 saturated heterocycles. The Morgan fingerprint density at radius 2 is 1.92 bits per heavy atom. The van der Waals surface area contributed by atoms with Crippen molar-refractivity contribution in [3.05, 3.63) is 69.3 Å². The van der Waals surface area contributed by atoms with Gasteiger partial charge in [-0.25, -0.2) is 0 Å². The predicted octanol–water partition coefficient (Wildman–Crippen LogP) is 4.78. The predicted molar refractivity (Wildman–Crippen MR) is 106 cm³/mol. The summed E-state index contributed by atoms with van der Waals surface area (Å²) in [6, 6.07) is 14.0. The Morgan fingerprint density at radius 3 is 2.64 bits per heavy atom. The lowest BCUT2D eigenvalue weighted by atomic mass is 10.1. The number of aromatic nitrogens is 1. The molecule has 0 aliphatic carbocycles. The molecule has 1 heterocycles. The molecule has 0 bridgehead atoms. The van der Waals surface area contributed by atoms with Gasteiger partial charge in [0.05, 0.1) is 6.10 Å². The highest BCUT2D eigenvalue weighted by Gasteiger charge is 2.15. The van der Waals surface area contributed by atoms with Gasteiger partial charge in [0, 0.05) is 46.3 Å². The molecule has 0 fully saturated rings. The van der Waals surface area contributed by atoms with Crippen LogP contribution in [0.4, 0.5) is 0 Å². The molecule has 1 aromatic heterocycles. The van der Waals surface area contributed by atoms with Crippen LogP contribution in [0.1, 0.15) is 23.7 Å². The summed E-state index contributed by atoms with van der Waals surface area (Å²) >= 11 is 12.4. The highest BCUT2D eigenvalue weighted by molar-refractivity contribution is 6.35. The van der Waals surface area contributed by atoms with Gasteiger partial charge in [-0.15, -0.1) is 0 Å². The Hall–Kier alpha value is -1.52. The minimum absolute atomic E-state index is 0.360. The molecule has 3 rings (SSSR count). The molecule has 3 aromatic rings. The summed E-state index contributed by atoms with van der Waals surface area (Å²) in [6.45, 7) is 5.90. The van der Waals surface area contributed by atoms with E-state index in [1.54, 1.807) is 13.0 Å². The van der Waals surface area contributed by atoms with E-state index in [0.29, 0.717) is 23.1 Å². The average molecular weight is 377 g/mol. The minimum Gasteiger partial charge on any atom is -0.392 e. The van der Waals surface area contributed by atoms with E-state index in [-0.39, 0.29) is 6.10 Å². The molecular formula is C20H22Cl2N2O. The summed E-state index contributed by atoms with van der Waals surface area (Å²) in [5, 5.41) is 15.3. The molecule has 0 radical (unpaired) electrons. The molecule has 0 amide bonds. The van der Waals surface area contributed by atoms with Crippen LogP contribution in [0.5, 0.6) is 0 Å². The number of aliphatic hydroxyl groups excluding tert-OH is 1. The molecule has 0 aliphatic heterocycles. The van der Waals surface area contributed by atoms with E-state index < -0.39 is 0 Å². The largest absolute Gasteiger partial charge is 0.392 e. The number of nitrogens with zero attached hydrogens (tertiary/aromatic N) is 1. The number of aliphatic hydroxyl groups is 1. The van der Waals surface area contributed by atoms with Crippen molar-refractivity contribution in [3.8, 4) is 0 Å². The van der Waals surface area contributed by atoms with Gasteiger partial charge in [-0.2, -0.15) is 0 Å². The summed E-state index contributed by atoms with van der Waals surface area (Å²) < 4.78 is 2.28. The van der Waals surface area contributed by atoms with Crippen LogP contribution < -0.4 is 5.32 Å². The van der Waals surface area contributed by atoms with Crippen molar-refractivity contribution in [1.29, 1.82) is 0 Å². The van der Waals surface area contributed by atoms with Gasteiger partial charge in [0.2, 0.25) is 0 Å². The van der Waals surface area contributed by atoms with E-state index in [4.69, 9.17) is 23.2 Å². The first-order valence-corrected chi connectivity index (χ1v) is 9.12. The van der Waals surface area contributed by atoms with Crippen LogP contribution in [0.2, 0.25) is 10.0 Å². The Kier molecular flexibility index (Phi) is 5.70. The minimum atomic E-state index is -0.360. The standard InChI is InChI=1S/C20H22Cl2N2O/c1-13(25)10-23-11-18-14(2)24(20-6-4-3-5-17(18)20)12-15-7-8-16(21)9-19(15)22/h3-9,13,23,25H,10-12H2,1-2H3/t13-/m0/s1. The van der Waals surface area contributed by atoms with Crippen molar-refractivity contribution >= 4 is 34.1 Å².